The van der Waals surface area contributed by atoms with E-state index in [1.165, 1.54) is 23.7 Å². The molecule has 1 aromatic carbocycles. The second-order valence-electron chi connectivity index (χ2n) is 5.39. The topological polar surface area (TPSA) is 93.1 Å². The van der Waals surface area contributed by atoms with Crippen molar-refractivity contribution in [1.29, 1.82) is 0 Å². The summed E-state index contributed by atoms with van der Waals surface area (Å²) in [5.41, 5.74) is 1.86. The van der Waals surface area contributed by atoms with Crippen LogP contribution in [0.4, 0.5) is 11.4 Å². The van der Waals surface area contributed by atoms with E-state index in [2.05, 4.69) is 15.7 Å². The van der Waals surface area contributed by atoms with E-state index in [4.69, 9.17) is 0 Å². The molecule has 24 heavy (non-hydrogen) atoms. The summed E-state index contributed by atoms with van der Waals surface area (Å²) in [6, 6.07) is 7.96. The van der Waals surface area contributed by atoms with E-state index in [-0.39, 0.29) is 17.2 Å². The van der Waals surface area contributed by atoms with Gasteiger partial charge >= 0.3 is 0 Å². The zero-order chi connectivity index (χ0) is 17.7. The smallest absolute Gasteiger partial charge is 0.276 e. The highest BCUT2D eigenvalue weighted by Crippen LogP contribution is 2.23. The van der Waals surface area contributed by atoms with Crippen molar-refractivity contribution in [2.45, 2.75) is 33.7 Å². The highest BCUT2D eigenvalue weighted by molar-refractivity contribution is 6.04. The van der Waals surface area contributed by atoms with E-state index in [1.807, 2.05) is 6.92 Å². The molecule has 7 nitrogen and oxygen atoms in total. The number of carbonyl (C=O) groups is 2. The first-order valence-corrected chi connectivity index (χ1v) is 7.69. The molecule has 0 fully saturated rings. The first kappa shape index (κ1) is 17.4. The summed E-state index contributed by atoms with van der Waals surface area (Å²) >= 11 is 0. The van der Waals surface area contributed by atoms with Crippen molar-refractivity contribution in [2.24, 2.45) is 0 Å². The lowest BCUT2D eigenvalue weighted by atomic mass is 10.1. The van der Waals surface area contributed by atoms with Crippen molar-refractivity contribution < 1.29 is 9.59 Å². The van der Waals surface area contributed by atoms with Crippen molar-refractivity contribution in [2.75, 3.05) is 10.6 Å². The number of anilines is 2. The number of amides is 2. The minimum Gasteiger partial charge on any atom is -0.326 e. The summed E-state index contributed by atoms with van der Waals surface area (Å²) < 4.78 is 1.27. The van der Waals surface area contributed by atoms with Crippen molar-refractivity contribution in [3.63, 3.8) is 0 Å². The highest BCUT2D eigenvalue weighted by atomic mass is 16.2. The fourth-order valence-electron chi connectivity index (χ4n) is 2.22. The van der Waals surface area contributed by atoms with E-state index >= 15 is 0 Å². The summed E-state index contributed by atoms with van der Waals surface area (Å²) in [6.45, 7) is 5.60. The minimum atomic E-state index is -0.414. The lowest BCUT2D eigenvalue weighted by molar-refractivity contribution is -0.114. The van der Waals surface area contributed by atoms with Gasteiger partial charge in [0.1, 0.15) is 5.69 Å². The second-order valence-corrected chi connectivity index (χ2v) is 5.39. The SMILES string of the molecule is CCCn1nc(C(=O)Nc2cccc(NC(C)=O)c2C)ccc1=O. The molecule has 2 N–H and O–H groups in total. The fraction of sp³-hybridized carbons (Fsp3) is 0.294. The number of nitrogens with one attached hydrogen (secondary N) is 2. The largest absolute Gasteiger partial charge is 0.326 e. The molecule has 0 radical (unpaired) electrons. The van der Waals surface area contributed by atoms with Gasteiger partial charge in [0.05, 0.1) is 0 Å². The Bertz CT molecular complexity index is 827. The molecule has 0 spiro atoms. The van der Waals surface area contributed by atoms with Crippen LogP contribution in [-0.2, 0) is 11.3 Å². The van der Waals surface area contributed by atoms with Crippen molar-refractivity contribution in [3.05, 3.63) is 51.9 Å². The van der Waals surface area contributed by atoms with Gasteiger partial charge in [-0.2, -0.15) is 5.10 Å². The number of carbonyl (C=O) groups excluding carboxylic acids is 2. The third kappa shape index (κ3) is 4.07. The number of nitrogens with zero attached hydrogens (tertiary/aromatic N) is 2. The van der Waals surface area contributed by atoms with Crippen LogP contribution in [0, 0.1) is 6.92 Å². The van der Waals surface area contributed by atoms with Gasteiger partial charge in [0.2, 0.25) is 5.91 Å². The zero-order valence-corrected chi connectivity index (χ0v) is 13.9. The van der Waals surface area contributed by atoms with Crippen LogP contribution in [0.2, 0.25) is 0 Å². The van der Waals surface area contributed by atoms with E-state index in [1.54, 1.807) is 25.1 Å². The molecule has 126 valence electrons. The predicted octanol–water partition coefficient (Wildman–Crippen LogP) is 2.17. The number of rotatable bonds is 5. The standard InChI is InChI=1S/C17H20N4O3/c1-4-10-21-16(23)9-8-15(20-21)17(24)19-14-7-5-6-13(11(14)2)18-12(3)22/h5-9H,4,10H2,1-3H3,(H,18,22)(H,19,24). The van der Waals surface area contributed by atoms with Gasteiger partial charge in [-0.3, -0.25) is 14.4 Å². The molecule has 1 aromatic heterocycles. The number of aryl methyl sites for hydroxylation is 1. The van der Waals surface area contributed by atoms with Crippen LogP contribution in [0.15, 0.2) is 35.1 Å². The first-order chi connectivity index (χ1) is 11.4. The molecule has 0 bridgehead atoms. The molecule has 7 heteroatoms. The number of benzene rings is 1. The van der Waals surface area contributed by atoms with E-state index in [9.17, 15) is 14.4 Å². The Balaban J connectivity index is 2.25. The summed E-state index contributed by atoms with van der Waals surface area (Å²) in [6.07, 6.45) is 0.746. The molecule has 0 saturated carbocycles. The van der Waals surface area contributed by atoms with Gasteiger partial charge in [0.15, 0.2) is 0 Å². The van der Waals surface area contributed by atoms with E-state index in [0.717, 1.165) is 12.0 Å². The molecule has 1 heterocycles. The normalized spacial score (nSPS) is 10.3. The van der Waals surface area contributed by atoms with Crippen LogP contribution in [-0.4, -0.2) is 21.6 Å². The Morgan fingerprint density at radius 2 is 1.79 bits per heavy atom. The molecule has 2 amide bonds. The number of hydrogen-bond acceptors (Lipinski definition) is 4. The fourth-order valence-corrected chi connectivity index (χ4v) is 2.22. The molecule has 0 unspecified atom stereocenters. The quantitative estimate of drug-likeness (QED) is 0.879. The molecular weight excluding hydrogens is 308 g/mol. The Morgan fingerprint density at radius 3 is 2.42 bits per heavy atom. The summed E-state index contributed by atoms with van der Waals surface area (Å²) in [5, 5.41) is 9.55. The van der Waals surface area contributed by atoms with Crippen LogP contribution < -0.4 is 16.2 Å². The molecule has 2 aromatic rings. The predicted molar refractivity (Wildman–Crippen MR) is 92.2 cm³/mol. The summed E-state index contributed by atoms with van der Waals surface area (Å²) in [4.78, 5) is 35.3. The molecule has 2 rings (SSSR count). The van der Waals surface area contributed by atoms with Gasteiger partial charge in [-0.05, 0) is 37.1 Å². The maximum Gasteiger partial charge on any atom is 0.276 e. The Labute approximate surface area is 139 Å². The van der Waals surface area contributed by atoms with Crippen molar-refractivity contribution >= 4 is 23.2 Å². The Hall–Kier alpha value is -2.96. The lowest BCUT2D eigenvalue weighted by Gasteiger charge is -2.13. The monoisotopic (exact) mass is 328 g/mol. The van der Waals surface area contributed by atoms with Gasteiger partial charge in [-0.15, -0.1) is 0 Å². The molecule has 0 saturated heterocycles. The van der Waals surface area contributed by atoms with E-state index < -0.39 is 5.91 Å². The van der Waals surface area contributed by atoms with Crippen molar-refractivity contribution in [3.8, 4) is 0 Å². The van der Waals surface area contributed by atoms with Gasteiger partial charge < -0.3 is 10.6 Å². The van der Waals surface area contributed by atoms with Gasteiger partial charge in [0, 0.05) is 30.9 Å². The van der Waals surface area contributed by atoms with Gasteiger partial charge in [-0.25, -0.2) is 4.68 Å². The van der Waals surface area contributed by atoms with Crippen LogP contribution in [0.1, 0.15) is 36.3 Å². The number of aromatic nitrogens is 2. The Kier molecular flexibility index (Phi) is 5.47. The molecule has 0 aliphatic rings. The lowest BCUT2D eigenvalue weighted by Crippen LogP contribution is -2.26. The Morgan fingerprint density at radius 1 is 1.12 bits per heavy atom. The molecular formula is C17H20N4O3. The summed E-state index contributed by atoms with van der Waals surface area (Å²) in [5.74, 6) is -0.599. The number of hydrogen-bond donors (Lipinski definition) is 2. The minimum absolute atomic E-state index is 0.160. The first-order valence-electron chi connectivity index (χ1n) is 7.69. The van der Waals surface area contributed by atoms with Gasteiger partial charge in [0.25, 0.3) is 11.5 Å². The maximum absolute atomic E-state index is 12.4. The second kappa shape index (κ2) is 7.54. The van der Waals surface area contributed by atoms with Crippen LogP contribution in [0.5, 0.6) is 0 Å². The average Bonchev–Trinajstić information content (AvgIpc) is 2.53. The molecule has 0 aliphatic heterocycles. The van der Waals surface area contributed by atoms with Gasteiger partial charge in [-0.1, -0.05) is 13.0 Å². The summed E-state index contributed by atoms with van der Waals surface area (Å²) in [7, 11) is 0. The maximum atomic E-state index is 12.4. The third-order valence-electron chi connectivity index (χ3n) is 3.43. The average molecular weight is 328 g/mol. The third-order valence-corrected chi connectivity index (χ3v) is 3.43. The van der Waals surface area contributed by atoms with Crippen molar-refractivity contribution in [1.82, 2.24) is 9.78 Å². The molecule has 0 aliphatic carbocycles. The molecule has 0 atom stereocenters. The zero-order valence-electron chi connectivity index (χ0n) is 13.9. The highest BCUT2D eigenvalue weighted by Gasteiger charge is 2.12. The van der Waals surface area contributed by atoms with E-state index in [0.29, 0.717) is 17.9 Å². The van der Waals surface area contributed by atoms with Crippen LogP contribution in [0.3, 0.4) is 0 Å². The van der Waals surface area contributed by atoms with Crippen LogP contribution >= 0.6 is 0 Å². The van der Waals surface area contributed by atoms with Crippen LogP contribution in [0.25, 0.3) is 0 Å².